The van der Waals surface area contributed by atoms with Gasteiger partial charge < -0.3 is 9.73 Å². The molecule has 30 heavy (non-hydrogen) atoms. The van der Waals surface area contributed by atoms with E-state index in [0.717, 1.165) is 4.47 Å². The number of nitrogens with one attached hydrogen (secondary N) is 1. The van der Waals surface area contributed by atoms with Gasteiger partial charge in [-0.1, -0.05) is 34.1 Å². The molecule has 148 valence electrons. The lowest BCUT2D eigenvalue weighted by Crippen LogP contribution is -2.15. The average molecular weight is 527 g/mol. The molecule has 1 N–H and O–H groups in total. The van der Waals surface area contributed by atoms with E-state index >= 15 is 0 Å². The number of hydrogen-bond donors (Lipinski definition) is 1. The predicted molar refractivity (Wildman–Crippen MR) is 122 cm³/mol. The fourth-order valence-corrected chi connectivity index (χ4v) is 4.31. The Bertz CT molecular complexity index is 1330. The number of anilines is 1. The van der Waals surface area contributed by atoms with Gasteiger partial charge in [-0.05, 0) is 70.5 Å². The first kappa shape index (κ1) is 20.3. The number of ketones is 1. The first-order valence-corrected chi connectivity index (χ1v) is 10.4. The first-order chi connectivity index (χ1) is 14.4. The molecule has 1 amide bonds. The molecule has 4 aromatic rings. The second kappa shape index (κ2) is 8.38. The van der Waals surface area contributed by atoms with E-state index in [1.807, 2.05) is 6.07 Å². The van der Waals surface area contributed by atoms with Crippen molar-refractivity contribution in [3.63, 3.8) is 0 Å². The van der Waals surface area contributed by atoms with E-state index in [-0.39, 0.29) is 11.5 Å². The second-order valence-corrected chi connectivity index (χ2v) is 8.25. The van der Waals surface area contributed by atoms with E-state index < -0.39 is 11.4 Å². The normalized spacial score (nSPS) is 10.7. The van der Waals surface area contributed by atoms with Crippen LogP contribution in [0, 0.1) is 0 Å². The Hall–Kier alpha value is -3.03. The third kappa shape index (κ3) is 4.13. The molecule has 4 rings (SSSR count). The number of amides is 1. The average Bonchev–Trinajstić information content (AvgIpc) is 2.74. The monoisotopic (exact) mass is 525 g/mol. The summed E-state index contributed by atoms with van der Waals surface area (Å²) < 4.78 is 6.74. The number of benzene rings is 3. The summed E-state index contributed by atoms with van der Waals surface area (Å²) in [5.41, 5.74) is 0.986. The Labute approximate surface area is 188 Å². The van der Waals surface area contributed by atoms with Gasteiger partial charge in [0.05, 0.1) is 4.47 Å². The molecule has 0 saturated heterocycles. The molecular weight excluding hydrogens is 514 g/mol. The van der Waals surface area contributed by atoms with Crippen LogP contribution < -0.4 is 10.9 Å². The quantitative estimate of drug-likeness (QED) is 0.269. The van der Waals surface area contributed by atoms with Crippen molar-refractivity contribution in [1.82, 2.24) is 0 Å². The Balaban J connectivity index is 1.60. The number of halogens is 2. The molecular formula is C23H13Br2NO4. The molecule has 1 heterocycles. The second-order valence-electron chi connectivity index (χ2n) is 6.48. The van der Waals surface area contributed by atoms with Crippen molar-refractivity contribution in [3.8, 4) is 0 Å². The Morgan fingerprint density at radius 1 is 0.833 bits per heavy atom. The van der Waals surface area contributed by atoms with Crippen LogP contribution in [0.2, 0.25) is 0 Å². The number of carbonyl (C=O) groups is 2. The lowest BCUT2D eigenvalue weighted by Gasteiger charge is -2.07. The summed E-state index contributed by atoms with van der Waals surface area (Å²) in [5.74, 6) is -0.705. The lowest BCUT2D eigenvalue weighted by molar-refractivity contribution is 0.102. The molecule has 0 bridgehead atoms. The summed E-state index contributed by atoms with van der Waals surface area (Å²) in [6.45, 7) is 0. The lowest BCUT2D eigenvalue weighted by atomic mass is 10.0. The third-order valence-electron chi connectivity index (χ3n) is 4.44. The minimum absolute atomic E-state index is 0.0615. The van der Waals surface area contributed by atoms with Crippen LogP contribution in [0.15, 0.2) is 91.0 Å². The van der Waals surface area contributed by atoms with Crippen molar-refractivity contribution in [1.29, 1.82) is 0 Å². The molecule has 0 saturated carbocycles. The highest BCUT2D eigenvalue weighted by Gasteiger charge is 2.17. The molecule has 0 spiro atoms. The van der Waals surface area contributed by atoms with Gasteiger partial charge in [0.2, 0.25) is 0 Å². The van der Waals surface area contributed by atoms with Gasteiger partial charge in [-0.2, -0.15) is 0 Å². The van der Waals surface area contributed by atoms with Crippen molar-refractivity contribution in [3.05, 3.63) is 109 Å². The van der Waals surface area contributed by atoms with Crippen molar-refractivity contribution in [2.75, 3.05) is 5.32 Å². The Kier molecular flexibility index (Phi) is 5.65. The van der Waals surface area contributed by atoms with Crippen LogP contribution in [-0.4, -0.2) is 11.7 Å². The molecule has 0 fully saturated rings. The fraction of sp³-hybridized carbons (Fsp3) is 0. The summed E-state index contributed by atoms with van der Waals surface area (Å²) in [6.07, 6.45) is 0. The largest absolute Gasteiger partial charge is 0.421 e. The smallest absolute Gasteiger partial charge is 0.347 e. The zero-order valence-electron chi connectivity index (χ0n) is 15.3. The highest BCUT2D eigenvalue weighted by Crippen LogP contribution is 2.28. The fourth-order valence-electron chi connectivity index (χ4n) is 2.97. The number of carbonyl (C=O) groups excluding carboxylic acids is 2. The van der Waals surface area contributed by atoms with E-state index in [2.05, 4.69) is 37.2 Å². The van der Waals surface area contributed by atoms with Gasteiger partial charge in [0.1, 0.15) is 5.56 Å². The van der Waals surface area contributed by atoms with E-state index in [9.17, 15) is 14.4 Å². The van der Waals surface area contributed by atoms with Gasteiger partial charge in [0.25, 0.3) is 5.91 Å². The number of rotatable bonds is 4. The van der Waals surface area contributed by atoms with Gasteiger partial charge in [-0.15, -0.1) is 0 Å². The van der Waals surface area contributed by atoms with Gasteiger partial charge >= 0.3 is 5.63 Å². The van der Waals surface area contributed by atoms with Gasteiger partial charge in [0, 0.05) is 26.7 Å². The van der Waals surface area contributed by atoms with Crippen molar-refractivity contribution < 1.29 is 14.0 Å². The maximum absolute atomic E-state index is 12.9. The standard InChI is InChI=1S/C23H13Br2NO4/c24-16-10-15-11-18(23(29)30-21(15)19(25)12-16)20(27)13-6-8-17(9-7-13)26-22(28)14-4-2-1-3-5-14/h1-12H,(H,26,28). The van der Waals surface area contributed by atoms with E-state index in [1.54, 1.807) is 60.7 Å². The van der Waals surface area contributed by atoms with E-state index in [4.69, 9.17) is 4.42 Å². The summed E-state index contributed by atoms with van der Waals surface area (Å²) in [7, 11) is 0. The first-order valence-electron chi connectivity index (χ1n) is 8.86. The molecule has 3 aromatic carbocycles. The highest BCUT2D eigenvalue weighted by molar-refractivity contribution is 9.11. The molecule has 0 aliphatic rings. The zero-order chi connectivity index (χ0) is 21.3. The third-order valence-corrected chi connectivity index (χ3v) is 5.48. The summed E-state index contributed by atoms with van der Waals surface area (Å²) in [6, 6.07) is 20.2. The molecule has 0 radical (unpaired) electrons. The molecule has 0 aliphatic heterocycles. The molecule has 7 heteroatoms. The molecule has 0 aliphatic carbocycles. The van der Waals surface area contributed by atoms with Crippen molar-refractivity contribution in [2.45, 2.75) is 0 Å². The Morgan fingerprint density at radius 2 is 1.53 bits per heavy atom. The highest BCUT2D eigenvalue weighted by atomic mass is 79.9. The topological polar surface area (TPSA) is 76.4 Å². The summed E-state index contributed by atoms with van der Waals surface area (Å²) in [4.78, 5) is 37.5. The SMILES string of the molecule is O=C(Nc1ccc(C(=O)c2cc3cc(Br)cc(Br)c3oc2=O)cc1)c1ccccc1. The number of fused-ring (bicyclic) bond motifs is 1. The van der Waals surface area contributed by atoms with E-state index in [0.29, 0.717) is 32.3 Å². The van der Waals surface area contributed by atoms with Gasteiger partial charge in [-0.3, -0.25) is 9.59 Å². The number of hydrogen-bond acceptors (Lipinski definition) is 4. The van der Waals surface area contributed by atoms with Crippen LogP contribution >= 0.6 is 31.9 Å². The minimum atomic E-state index is -0.711. The van der Waals surface area contributed by atoms with Crippen molar-refractivity contribution >= 4 is 60.2 Å². The molecule has 0 unspecified atom stereocenters. The van der Waals surface area contributed by atoms with Gasteiger partial charge in [0.15, 0.2) is 11.4 Å². The molecule has 0 atom stereocenters. The van der Waals surface area contributed by atoms with E-state index in [1.165, 1.54) is 6.07 Å². The predicted octanol–water partition coefficient (Wildman–Crippen LogP) is 5.80. The minimum Gasteiger partial charge on any atom is -0.421 e. The maximum atomic E-state index is 12.9. The van der Waals surface area contributed by atoms with Crippen molar-refractivity contribution in [2.24, 2.45) is 0 Å². The van der Waals surface area contributed by atoms with Crippen LogP contribution in [0.1, 0.15) is 26.3 Å². The van der Waals surface area contributed by atoms with Crippen LogP contribution in [0.3, 0.4) is 0 Å². The van der Waals surface area contributed by atoms with Crippen LogP contribution in [0.5, 0.6) is 0 Å². The summed E-state index contributed by atoms with van der Waals surface area (Å²) in [5, 5.41) is 3.39. The summed E-state index contributed by atoms with van der Waals surface area (Å²) >= 11 is 6.73. The Morgan fingerprint density at radius 3 is 2.23 bits per heavy atom. The molecule has 1 aromatic heterocycles. The van der Waals surface area contributed by atoms with Crippen LogP contribution in [-0.2, 0) is 0 Å². The van der Waals surface area contributed by atoms with Gasteiger partial charge in [-0.25, -0.2) is 4.79 Å². The zero-order valence-corrected chi connectivity index (χ0v) is 18.5. The molecule has 5 nitrogen and oxygen atoms in total. The van der Waals surface area contributed by atoms with Crippen LogP contribution in [0.25, 0.3) is 11.0 Å². The van der Waals surface area contributed by atoms with Crippen LogP contribution in [0.4, 0.5) is 5.69 Å². The maximum Gasteiger partial charge on any atom is 0.347 e.